The lowest BCUT2D eigenvalue weighted by Gasteiger charge is -2.34. The number of nitrogens with one attached hydrogen (secondary N) is 1. The van der Waals surface area contributed by atoms with Gasteiger partial charge in [0.1, 0.15) is 0 Å². The predicted octanol–water partition coefficient (Wildman–Crippen LogP) is 1.33. The van der Waals surface area contributed by atoms with E-state index >= 15 is 0 Å². The zero-order valence-electron chi connectivity index (χ0n) is 10.7. The van der Waals surface area contributed by atoms with Crippen molar-refractivity contribution in [3.05, 3.63) is 0 Å². The van der Waals surface area contributed by atoms with Crippen molar-refractivity contribution >= 4 is 10.0 Å². The van der Waals surface area contributed by atoms with E-state index in [-0.39, 0.29) is 11.3 Å². The maximum atomic E-state index is 12.5. The highest BCUT2D eigenvalue weighted by atomic mass is 32.2. The third-order valence-electron chi connectivity index (χ3n) is 4.20. The zero-order valence-corrected chi connectivity index (χ0v) is 11.5. The molecule has 1 aliphatic heterocycles. The van der Waals surface area contributed by atoms with Crippen LogP contribution in [0.5, 0.6) is 0 Å². The summed E-state index contributed by atoms with van der Waals surface area (Å²) in [5.41, 5.74) is 0. The van der Waals surface area contributed by atoms with Gasteiger partial charge in [-0.2, -0.15) is 0 Å². The molecule has 5 heteroatoms. The fourth-order valence-electron chi connectivity index (χ4n) is 2.98. The summed E-state index contributed by atoms with van der Waals surface area (Å²) in [7, 11) is -1.28. The molecule has 0 aromatic rings. The first-order chi connectivity index (χ1) is 8.12. The Bertz CT molecular complexity index is 330. The quantitative estimate of drug-likeness (QED) is 0.833. The van der Waals surface area contributed by atoms with Crippen molar-refractivity contribution in [2.45, 2.75) is 56.2 Å². The van der Waals surface area contributed by atoms with Crippen molar-refractivity contribution in [3.8, 4) is 0 Å². The maximum Gasteiger partial charge on any atom is 0.216 e. The van der Waals surface area contributed by atoms with Gasteiger partial charge < -0.3 is 5.32 Å². The van der Waals surface area contributed by atoms with Gasteiger partial charge in [-0.3, -0.25) is 0 Å². The third-order valence-corrected chi connectivity index (χ3v) is 6.61. The average Bonchev–Trinajstić information content (AvgIpc) is 2.40. The van der Waals surface area contributed by atoms with Crippen molar-refractivity contribution in [2.75, 3.05) is 20.1 Å². The predicted molar refractivity (Wildman–Crippen MR) is 69.4 cm³/mol. The van der Waals surface area contributed by atoms with Gasteiger partial charge in [0, 0.05) is 13.1 Å². The van der Waals surface area contributed by atoms with Crippen molar-refractivity contribution in [2.24, 2.45) is 0 Å². The summed E-state index contributed by atoms with van der Waals surface area (Å²) in [4.78, 5) is 0. The second-order valence-electron chi connectivity index (χ2n) is 5.30. The number of nitrogens with zero attached hydrogens (tertiary/aromatic N) is 1. The molecule has 1 saturated heterocycles. The molecular weight excluding hydrogens is 236 g/mol. The fraction of sp³-hybridized carbons (Fsp3) is 1.00. The highest BCUT2D eigenvalue weighted by Crippen LogP contribution is 2.27. The summed E-state index contributed by atoms with van der Waals surface area (Å²) in [6.45, 7) is 1.88. The van der Waals surface area contributed by atoms with E-state index in [1.54, 1.807) is 11.4 Å². The molecule has 0 spiro atoms. The lowest BCUT2D eigenvalue weighted by atomic mass is 10.0. The summed E-state index contributed by atoms with van der Waals surface area (Å²) in [6, 6.07) is 0.211. The van der Waals surface area contributed by atoms with E-state index in [2.05, 4.69) is 5.32 Å². The van der Waals surface area contributed by atoms with E-state index in [1.165, 1.54) is 6.42 Å². The van der Waals surface area contributed by atoms with Gasteiger partial charge in [0.2, 0.25) is 10.0 Å². The molecule has 0 aromatic heterocycles. The minimum Gasteiger partial charge on any atom is -0.317 e. The molecule has 0 radical (unpaired) electrons. The zero-order chi connectivity index (χ0) is 12.3. The van der Waals surface area contributed by atoms with Crippen LogP contribution in [-0.4, -0.2) is 44.2 Å². The number of rotatable bonds is 3. The van der Waals surface area contributed by atoms with Crippen LogP contribution in [0.2, 0.25) is 0 Å². The van der Waals surface area contributed by atoms with Gasteiger partial charge in [0.25, 0.3) is 0 Å². The highest BCUT2D eigenvalue weighted by molar-refractivity contribution is 7.89. The van der Waals surface area contributed by atoms with E-state index in [1.807, 2.05) is 0 Å². The topological polar surface area (TPSA) is 49.4 Å². The van der Waals surface area contributed by atoms with Crippen molar-refractivity contribution < 1.29 is 8.42 Å². The number of sulfonamides is 1. The van der Waals surface area contributed by atoms with Crippen molar-refractivity contribution in [1.29, 1.82) is 0 Å². The van der Waals surface area contributed by atoms with Crippen LogP contribution in [0.1, 0.15) is 44.9 Å². The molecule has 0 bridgehead atoms. The molecule has 1 saturated carbocycles. The smallest absolute Gasteiger partial charge is 0.216 e. The Kier molecular flexibility index (Phi) is 4.44. The van der Waals surface area contributed by atoms with Crippen LogP contribution in [0.4, 0.5) is 0 Å². The van der Waals surface area contributed by atoms with Gasteiger partial charge in [-0.1, -0.05) is 19.3 Å². The summed E-state index contributed by atoms with van der Waals surface area (Å²) < 4.78 is 26.7. The second kappa shape index (κ2) is 5.67. The van der Waals surface area contributed by atoms with E-state index in [4.69, 9.17) is 0 Å². The Balaban J connectivity index is 2.02. The fourth-order valence-corrected chi connectivity index (χ4v) is 5.00. The summed E-state index contributed by atoms with van der Waals surface area (Å²) >= 11 is 0. The Morgan fingerprint density at radius 3 is 2.18 bits per heavy atom. The Morgan fingerprint density at radius 1 is 1.00 bits per heavy atom. The first-order valence-corrected chi connectivity index (χ1v) is 8.30. The van der Waals surface area contributed by atoms with Crippen molar-refractivity contribution in [3.63, 3.8) is 0 Å². The van der Waals surface area contributed by atoms with Gasteiger partial charge >= 0.3 is 0 Å². The van der Waals surface area contributed by atoms with Crippen molar-refractivity contribution in [1.82, 2.24) is 9.62 Å². The van der Waals surface area contributed by atoms with Gasteiger partial charge in [0.15, 0.2) is 0 Å². The molecule has 2 aliphatic rings. The molecule has 1 N–H and O–H groups in total. The second-order valence-corrected chi connectivity index (χ2v) is 7.57. The standard InChI is InChI=1S/C12H24N2O2S/c1-14(11-7-9-13-10-8-11)17(15,16)12-5-3-2-4-6-12/h11-13H,2-10H2,1H3. The van der Waals surface area contributed by atoms with Crippen LogP contribution in [-0.2, 0) is 10.0 Å². The van der Waals surface area contributed by atoms with E-state index < -0.39 is 10.0 Å². The molecule has 1 heterocycles. The molecular formula is C12H24N2O2S. The van der Waals surface area contributed by atoms with Gasteiger partial charge in [-0.05, 0) is 38.8 Å². The Morgan fingerprint density at radius 2 is 1.59 bits per heavy atom. The van der Waals surface area contributed by atoms with Gasteiger partial charge in [0.05, 0.1) is 5.25 Å². The van der Waals surface area contributed by atoms with Crippen LogP contribution in [0, 0.1) is 0 Å². The molecule has 2 fully saturated rings. The first-order valence-electron chi connectivity index (χ1n) is 6.80. The molecule has 2 rings (SSSR count). The molecule has 4 nitrogen and oxygen atoms in total. The number of hydrogen-bond acceptors (Lipinski definition) is 3. The molecule has 17 heavy (non-hydrogen) atoms. The average molecular weight is 260 g/mol. The minimum absolute atomic E-state index is 0.115. The largest absolute Gasteiger partial charge is 0.317 e. The Hall–Kier alpha value is -0.130. The van der Waals surface area contributed by atoms with E-state index in [9.17, 15) is 8.42 Å². The summed E-state index contributed by atoms with van der Waals surface area (Å²) in [5, 5.41) is 3.16. The SMILES string of the molecule is CN(C1CCNCC1)S(=O)(=O)C1CCCCC1. The maximum absolute atomic E-state index is 12.5. The van der Waals surface area contributed by atoms with Gasteiger partial charge in [-0.15, -0.1) is 0 Å². The third kappa shape index (κ3) is 3.01. The first kappa shape index (κ1) is 13.3. The monoisotopic (exact) mass is 260 g/mol. The number of piperidine rings is 1. The summed E-state index contributed by atoms with van der Waals surface area (Å²) in [5.74, 6) is 0. The summed E-state index contributed by atoms with van der Waals surface area (Å²) in [6.07, 6.45) is 6.96. The molecule has 1 aliphatic carbocycles. The Labute approximate surface area is 105 Å². The van der Waals surface area contributed by atoms with Crippen LogP contribution in [0.25, 0.3) is 0 Å². The lowest BCUT2D eigenvalue weighted by Crippen LogP contribution is -2.47. The molecule has 100 valence electrons. The lowest BCUT2D eigenvalue weighted by molar-refractivity contribution is 0.290. The van der Waals surface area contributed by atoms with Crippen LogP contribution >= 0.6 is 0 Å². The highest BCUT2D eigenvalue weighted by Gasteiger charge is 2.34. The van der Waals surface area contributed by atoms with Crippen LogP contribution in [0.3, 0.4) is 0 Å². The van der Waals surface area contributed by atoms with E-state index in [0.29, 0.717) is 0 Å². The molecule has 0 atom stereocenters. The van der Waals surface area contributed by atoms with E-state index in [0.717, 1.165) is 51.6 Å². The van der Waals surface area contributed by atoms with Gasteiger partial charge in [-0.25, -0.2) is 12.7 Å². The molecule has 0 unspecified atom stereocenters. The number of hydrogen-bond donors (Lipinski definition) is 1. The normalized spacial score (nSPS) is 25.3. The molecule has 0 aromatic carbocycles. The minimum atomic E-state index is -3.06. The van der Waals surface area contributed by atoms with Crippen LogP contribution < -0.4 is 5.32 Å². The molecule has 0 amide bonds. The van der Waals surface area contributed by atoms with Crippen LogP contribution in [0.15, 0.2) is 0 Å².